The van der Waals surface area contributed by atoms with Crippen molar-refractivity contribution in [3.05, 3.63) is 194 Å². The number of hydrogen-bond donors (Lipinski definition) is 0. The third-order valence-electron chi connectivity index (χ3n) is 11.5. The Kier molecular flexibility index (Phi) is 6.63. The van der Waals surface area contributed by atoms with E-state index in [0.29, 0.717) is 0 Å². The second-order valence-corrected chi connectivity index (χ2v) is 14.7. The minimum atomic E-state index is 0.841. The van der Waals surface area contributed by atoms with E-state index in [1.54, 1.807) is 0 Å². The summed E-state index contributed by atoms with van der Waals surface area (Å²) in [6, 6.07) is 69.7. The fourth-order valence-corrected chi connectivity index (χ4v) is 8.93. The average Bonchev–Trinajstić information content (AvgIpc) is 3.80. The molecular weight excluding hydrogens is 681 g/mol. The maximum atomic E-state index is 6.56. The topological polar surface area (TPSA) is 31.0 Å². The lowest BCUT2D eigenvalue weighted by molar-refractivity contribution is 0.669. The Morgan fingerprint density at radius 3 is 1.96 bits per heavy atom. The minimum Gasteiger partial charge on any atom is -0.456 e. The maximum absolute atomic E-state index is 6.56. The molecule has 0 unspecified atom stereocenters. The van der Waals surface area contributed by atoms with Gasteiger partial charge in [0.1, 0.15) is 11.2 Å². The molecule has 9 aromatic carbocycles. The molecule has 0 fully saturated rings. The van der Waals surface area contributed by atoms with E-state index in [0.717, 1.165) is 66.3 Å². The van der Waals surface area contributed by atoms with Gasteiger partial charge in [0.25, 0.3) is 0 Å². The number of pyridine rings is 1. The fourth-order valence-electron chi connectivity index (χ4n) is 8.93. The zero-order valence-electron chi connectivity index (χ0n) is 30.3. The van der Waals surface area contributed by atoms with Gasteiger partial charge in [-0.3, -0.25) is 0 Å². The van der Waals surface area contributed by atoms with Crippen molar-refractivity contribution in [2.24, 2.45) is 0 Å². The Bertz CT molecular complexity index is 3530. The van der Waals surface area contributed by atoms with Gasteiger partial charge in [0.15, 0.2) is 0 Å². The third kappa shape index (κ3) is 4.68. The van der Waals surface area contributed by atoms with Crippen LogP contribution in [0.2, 0.25) is 0 Å². The lowest BCUT2D eigenvalue weighted by Crippen LogP contribution is -1.93. The zero-order chi connectivity index (χ0) is 36.7. The molecule has 12 aromatic rings. The molecule has 0 N–H and O–H groups in total. The van der Waals surface area contributed by atoms with Gasteiger partial charge in [0, 0.05) is 32.8 Å². The zero-order valence-corrected chi connectivity index (χ0v) is 30.3. The van der Waals surface area contributed by atoms with Crippen LogP contribution in [0.3, 0.4) is 0 Å². The molecule has 3 aromatic heterocycles. The van der Waals surface area contributed by atoms with Crippen LogP contribution in [-0.4, -0.2) is 9.55 Å². The van der Waals surface area contributed by atoms with Crippen LogP contribution in [-0.2, 0) is 0 Å². The summed E-state index contributed by atoms with van der Waals surface area (Å²) in [5, 5.41) is 10.5. The quantitative estimate of drug-likeness (QED) is 0.182. The van der Waals surface area contributed by atoms with Crippen LogP contribution in [0.1, 0.15) is 0 Å². The lowest BCUT2D eigenvalue weighted by Gasteiger charge is -2.14. The summed E-state index contributed by atoms with van der Waals surface area (Å²) in [4.78, 5) is 5.54. The van der Waals surface area contributed by atoms with Gasteiger partial charge in [-0.1, -0.05) is 127 Å². The Balaban J connectivity index is 1.09. The normalized spacial score (nSPS) is 11.9. The third-order valence-corrected chi connectivity index (χ3v) is 11.5. The highest BCUT2D eigenvalue weighted by atomic mass is 16.3. The molecule has 0 spiro atoms. The molecule has 260 valence electrons. The number of hydrogen-bond acceptors (Lipinski definition) is 2. The van der Waals surface area contributed by atoms with Crippen molar-refractivity contribution < 1.29 is 4.42 Å². The van der Waals surface area contributed by atoms with Crippen molar-refractivity contribution in [1.82, 2.24) is 9.55 Å². The van der Waals surface area contributed by atoms with Gasteiger partial charge in [-0.2, -0.15) is 0 Å². The van der Waals surface area contributed by atoms with E-state index in [1.165, 1.54) is 49.1 Å². The van der Waals surface area contributed by atoms with Crippen LogP contribution in [0.4, 0.5) is 0 Å². The van der Waals surface area contributed by atoms with E-state index >= 15 is 0 Å². The predicted octanol–water partition coefficient (Wildman–Crippen LogP) is 14.5. The van der Waals surface area contributed by atoms with Crippen molar-refractivity contribution in [2.45, 2.75) is 0 Å². The first-order chi connectivity index (χ1) is 27.7. The highest BCUT2D eigenvalue weighted by Gasteiger charge is 2.19. The maximum Gasteiger partial charge on any atom is 0.137 e. The van der Waals surface area contributed by atoms with Crippen molar-refractivity contribution in [1.29, 1.82) is 0 Å². The number of benzene rings is 9. The summed E-state index contributed by atoms with van der Waals surface area (Å²) >= 11 is 0. The monoisotopic (exact) mass is 712 g/mol. The van der Waals surface area contributed by atoms with Gasteiger partial charge in [-0.25, -0.2) is 4.98 Å². The molecule has 12 rings (SSSR count). The number of para-hydroxylation sites is 2. The van der Waals surface area contributed by atoms with Crippen LogP contribution < -0.4 is 0 Å². The van der Waals surface area contributed by atoms with Crippen molar-refractivity contribution in [3.8, 4) is 39.2 Å². The molecule has 0 amide bonds. The molecule has 0 saturated carbocycles. The standard InChI is InChI=1S/C53H32N2O/c1-2-18-39(19-3-1)55-48-23-9-8-21-42(48)45-29-37(24-26-49(45)55)34-16-10-17-38(28-34)47-32-44(41-22-11-15-33-12-6-7-20-40(33)41)43-25-27-50-52(53(43)54-47)46-30-35-13-4-5-14-36(35)31-51(46)56-50/h1-32H. The molecule has 0 aliphatic carbocycles. The number of rotatable bonds is 4. The van der Waals surface area contributed by atoms with Gasteiger partial charge < -0.3 is 8.98 Å². The van der Waals surface area contributed by atoms with E-state index in [4.69, 9.17) is 9.40 Å². The van der Waals surface area contributed by atoms with Crippen LogP contribution in [0.5, 0.6) is 0 Å². The van der Waals surface area contributed by atoms with Crippen LogP contribution in [0.25, 0.3) is 115 Å². The van der Waals surface area contributed by atoms with E-state index in [9.17, 15) is 0 Å². The summed E-state index contributed by atoms with van der Waals surface area (Å²) in [5.41, 5.74) is 12.8. The first-order valence-electron chi connectivity index (χ1n) is 19.1. The molecule has 0 bridgehead atoms. The molecule has 0 radical (unpaired) electrons. The minimum absolute atomic E-state index is 0.841. The number of fused-ring (bicyclic) bond motifs is 10. The largest absolute Gasteiger partial charge is 0.456 e. The van der Waals surface area contributed by atoms with E-state index in [2.05, 4.69) is 199 Å². The van der Waals surface area contributed by atoms with Crippen LogP contribution in [0.15, 0.2) is 199 Å². The molecule has 0 aliphatic rings. The Labute approximate surface area is 322 Å². The van der Waals surface area contributed by atoms with Crippen molar-refractivity contribution in [3.63, 3.8) is 0 Å². The number of aromatic nitrogens is 2. The molecule has 3 heterocycles. The highest BCUT2D eigenvalue weighted by molar-refractivity contribution is 6.22. The predicted molar refractivity (Wildman–Crippen MR) is 235 cm³/mol. The molecular formula is C53H32N2O. The molecule has 56 heavy (non-hydrogen) atoms. The smallest absolute Gasteiger partial charge is 0.137 e. The van der Waals surface area contributed by atoms with Crippen LogP contribution >= 0.6 is 0 Å². The molecule has 0 saturated heterocycles. The number of furan rings is 1. The Morgan fingerprint density at radius 2 is 1.07 bits per heavy atom. The highest BCUT2D eigenvalue weighted by Crippen LogP contribution is 2.43. The number of nitrogens with zero attached hydrogens (tertiary/aromatic N) is 2. The first kappa shape index (κ1) is 30.9. The van der Waals surface area contributed by atoms with Gasteiger partial charge in [0.05, 0.1) is 27.6 Å². The lowest BCUT2D eigenvalue weighted by atomic mass is 9.92. The summed E-state index contributed by atoms with van der Waals surface area (Å²) in [5.74, 6) is 0. The Morgan fingerprint density at radius 1 is 0.375 bits per heavy atom. The second-order valence-electron chi connectivity index (χ2n) is 14.7. The summed E-state index contributed by atoms with van der Waals surface area (Å²) in [6.07, 6.45) is 0. The second kappa shape index (κ2) is 12.0. The van der Waals surface area contributed by atoms with Crippen LogP contribution in [0, 0.1) is 0 Å². The van der Waals surface area contributed by atoms with Crippen molar-refractivity contribution >= 4 is 76.2 Å². The Hall–Kier alpha value is -7.49. The molecule has 0 atom stereocenters. The SMILES string of the molecule is c1ccc(-n2c3ccccc3c3cc(-c4cccc(-c5cc(-c6cccc7ccccc67)c6ccc7oc8cc9ccccc9cc8c7c6n5)c4)ccc32)cc1. The molecule has 0 aliphatic heterocycles. The van der Waals surface area contributed by atoms with E-state index in [1.807, 2.05) is 0 Å². The van der Waals surface area contributed by atoms with Crippen molar-refractivity contribution in [2.75, 3.05) is 0 Å². The molecule has 3 heteroatoms. The fraction of sp³-hybridized carbons (Fsp3) is 0. The van der Waals surface area contributed by atoms with Gasteiger partial charge in [-0.15, -0.1) is 0 Å². The summed E-state index contributed by atoms with van der Waals surface area (Å²) in [7, 11) is 0. The first-order valence-corrected chi connectivity index (χ1v) is 19.1. The average molecular weight is 713 g/mol. The van der Waals surface area contributed by atoms with Gasteiger partial charge in [0.2, 0.25) is 0 Å². The molecule has 3 nitrogen and oxygen atoms in total. The van der Waals surface area contributed by atoms with E-state index < -0.39 is 0 Å². The van der Waals surface area contributed by atoms with Gasteiger partial charge in [-0.05, 0) is 111 Å². The van der Waals surface area contributed by atoms with Gasteiger partial charge >= 0.3 is 0 Å². The summed E-state index contributed by atoms with van der Waals surface area (Å²) < 4.78 is 8.92. The van der Waals surface area contributed by atoms with E-state index in [-0.39, 0.29) is 0 Å². The summed E-state index contributed by atoms with van der Waals surface area (Å²) in [6.45, 7) is 0.